The van der Waals surface area contributed by atoms with Crippen LogP contribution in [0.1, 0.15) is 13.8 Å². The monoisotopic (exact) mass is 203 g/mol. The van der Waals surface area contributed by atoms with Gasteiger partial charge in [0.1, 0.15) is 0 Å². The smallest absolute Gasteiger partial charge is 0.246 e. The lowest BCUT2D eigenvalue weighted by molar-refractivity contribution is -0.117. The van der Waals surface area contributed by atoms with Crippen LogP contribution in [0.2, 0.25) is 0 Å². The van der Waals surface area contributed by atoms with Crippen LogP contribution < -0.4 is 5.32 Å². The second-order valence-corrected chi connectivity index (χ2v) is 2.43. The Balaban J connectivity index is 0. The van der Waals surface area contributed by atoms with Crippen molar-refractivity contribution in [3.8, 4) is 0 Å². The Morgan fingerprint density at radius 2 is 1.85 bits per heavy atom. The molecule has 74 valence electrons. The van der Waals surface area contributed by atoms with E-state index >= 15 is 0 Å². The summed E-state index contributed by atoms with van der Waals surface area (Å²) >= 11 is 4.71. The van der Waals surface area contributed by atoms with Gasteiger partial charge in [-0.25, -0.2) is 0 Å². The number of hydrogen-bond acceptors (Lipinski definition) is 2. The number of allylic oxidation sites excluding steroid dienone is 2. The van der Waals surface area contributed by atoms with Crippen LogP contribution in [-0.4, -0.2) is 18.2 Å². The minimum Gasteiger partial charge on any atom is -0.355 e. The molecule has 0 saturated carbocycles. The summed E-state index contributed by atoms with van der Waals surface area (Å²) in [6.07, 6.45) is 2.82. The molecule has 0 fully saturated rings. The number of nitrogens with one attached hydrogen (secondary N) is 1. The first kappa shape index (κ1) is 14.4. The van der Waals surface area contributed by atoms with Gasteiger partial charge in [-0.15, -0.1) is 0 Å². The maximum atomic E-state index is 10.6. The van der Waals surface area contributed by atoms with Crippen LogP contribution >= 0.6 is 11.6 Å². The Hall–Kier alpha value is -1.09. The van der Waals surface area contributed by atoms with Crippen LogP contribution in [0.3, 0.4) is 0 Å². The van der Waals surface area contributed by atoms with Crippen molar-refractivity contribution in [3.63, 3.8) is 0 Å². The Kier molecular flexibility index (Phi) is 10.00. The standard InChI is InChI=1S/C6H11NO.C3H3ClO/c1-4-5(2)6(8)7-3;1-2-3(4)5/h4H,1-3H3,(H,7,8);2H,1H2. The van der Waals surface area contributed by atoms with Gasteiger partial charge in [-0.2, -0.15) is 0 Å². The summed E-state index contributed by atoms with van der Waals surface area (Å²) in [7, 11) is 1.62. The van der Waals surface area contributed by atoms with E-state index in [4.69, 9.17) is 11.6 Å². The molecule has 0 aromatic rings. The molecule has 0 aromatic heterocycles. The zero-order valence-electron chi connectivity index (χ0n) is 8.06. The van der Waals surface area contributed by atoms with Crippen LogP contribution in [0.15, 0.2) is 24.3 Å². The lowest BCUT2D eigenvalue weighted by Crippen LogP contribution is -2.18. The predicted octanol–water partition coefficient (Wildman–Crippen LogP) is 1.64. The fourth-order valence-corrected chi connectivity index (χ4v) is 0.328. The fraction of sp³-hybridized carbons (Fsp3) is 0.333. The summed E-state index contributed by atoms with van der Waals surface area (Å²) in [5, 5.41) is 2.00. The highest BCUT2D eigenvalue weighted by molar-refractivity contribution is 6.66. The highest BCUT2D eigenvalue weighted by Crippen LogP contribution is 1.88. The van der Waals surface area contributed by atoms with Crippen molar-refractivity contribution in [2.75, 3.05) is 7.05 Å². The summed E-state index contributed by atoms with van der Waals surface area (Å²) in [5.41, 5.74) is 0.757. The Morgan fingerprint density at radius 1 is 1.46 bits per heavy atom. The molecule has 13 heavy (non-hydrogen) atoms. The summed E-state index contributed by atoms with van der Waals surface area (Å²) < 4.78 is 0. The molecule has 0 aliphatic carbocycles. The van der Waals surface area contributed by atoms with E-state index in [-0.39, 0.29) is 5.91 Å². The second-order valence-electron chi connectivity index (χ2n) is 2.06. The van der Waals surface area contributed by atoms with Crippen molar-refractivity contribution < 1.29 is 9.59 Å². The molecule has 0 rings (SSSR count). The number of carbonyl (C=O) groups is 2. The van der Waals surface area contributed by atoms with Crippen molar-refractivity contribution in [2.45, 2.75) is 13.8 Å². The predicted molar refractivity (Wildman–Crippen MR) is 54.6 cm³/mol. The van der Waals surface area contributed by atoms with Crippen molar-refractivity contribution >= 4 is 22.8 Å². The molecule has 0 aliphatic heterocycles. The molecule has 0 heterocycles. The SMILES string of the molecule is C=CC(=O)Cl.CC=C(C)C(=O)NC. The third kappa shape index (κ3) is 10.9. The summed E-state index contributed by atoms with van der Waals surface area (Å²) in [4.78, 5) is 20.0. The molecule has 0 aromatic carbocycles. The second kappa shape index (κ2) is 9.00. The van der Waals surface area contributed by atoms with E-state index in [0.29, 0.717) is 0 Å². The van der Waals surface area contributed by atoms with Crippen LogP contribution in [0, 0.1) is 0 Å². The van der Waals surface area contributed by atoms with E-state index in [1.165, 1.54) is 0 Å². The summed E-state index contributed by atoms with van der Waals surface area (Å²) in [6.45, 7) is 6.69. The normalized spacial score (nSPS) is 9.38. The van der Waals surface area contributed by atoms with Crippen LogP contribution in [0.5, 0.6) is 0 Å². The number of carbonyl (C=O) groups excluding carboxylic acids is 2. The molecule has 0 spiro atoms. The molecule has 0 radical (unpaired) electrons. The van der Waals surface area contributed by atoms with Gasteiger partial charge in [-0.05, 0) is 31.5 Å². The van der Waals surface area contributed by atoms with Gasteiger partial charge in [-0.3, -0.25) is 9.59 Å². The Morgan fingerprint density at radius 3 is 1.92 bits per heavy atom. The number of hydrogen-bond donors (Lipinski definition) is 1. The van der Waals surface area contributed by atoms with Crippen LogP contribution in [-0.2, 0) is 9.59 Å². The quantitative estimate of drug-likeness (QED) is 0.548. The average Bonchev–Trinajstić information content (AvgIpc) is 2.16. The van der Waals surface area contributed by atoms with E-state index in [0.717, 1.165) is 11.6 Å². The minimum atomic E-state index is -0.509. The lowest BCUT2D eigenvalue weighted by atomic mass is 10.3. The zero-order valence-corrected chi connectivity index (χ0v) is 8.81. The molecule has 4 heteroatoms. The van der Waals surface area contributed by atoms with Crippen molar-refractivity contribution in [2.24, 2.45) is 0 Å². The largest absolute Gasteiger partial charge is 0.355 e. The molecular weight excluding hydrogens is 190 g/mol. The summed E-state index contributed by atoms with van der Waals surface area (Å²) in [6, 6.07) is 0. The van der Waals surface area contributed by atoms with E-state index in [2.05, 4.69) is 11.9 Å². The first-order chi connectivity index (χ1) is 5.99. The lowest BCUT2D eigenvalue weighted by Gasteiger charge is -1.94. The van der Waals surface area contributed by atoms with Gasteiger partial charge in [0.15, 0.2) is 0 Å². The van der Waals surface area contributed by atoms with Gasteiger partial charge in [0, 0.05) is 12.6 Å². The van der Waals surface area contributed by atoms with Gasteiger partial charge >= 0.3 is 0 Å². The van der Waals surface area contributed by atoms with Crippen molar-refractivity contribution in [1.29, 1.82) is 0 Å². The van der Waals surface area contributed by atoms with Gasteiger partial charge in [0.2, 0.25) is 11.1 Å². The van der Waals surface area contributed by atoms with Crippen molar-refractivity contribution in [3.05, 3.63) is 24.3 Å². The third-order valence-electron chi connectivity index (χ3n) is 1.18. The van der Waals surface area contributed by atoms with Gasteiger partial charge < -0.3 is 5.32 Å². The molecule has 0 unspecified atom stereocenters. The van der Waals surface area contributed by atoms with E-state index < -0.39 is 5.24 Å². The summed E-state index contributed by atoms with van der Waals surface area (Å²) in [5.74, 6) is -0.00694. The van der Waals surface area contributed by atoms with E-state index in [9.17, 15) is 9.59 Å². The molecule has 0 aliphatic rings. The molecule has 0 saturated heterocycles. The maximum absolute atomic E-state index is 10.6. The highest BCUT2D eigenvalue weighted by Gasteiger charge is 1.95. The topological polar surface area (TPSA) is 46.2 Å². The third-order valence-corrected chi connectivity index (χ3v) is 1.33. The van der Waals surface area contributed by atoms with E-state index in [1.807, 2.05) is 6.92 Å². The first-order valence-electron chi connectivity index (χ1n) is 3.66. The van der Waals surface area contributed by atoms with E-state index in [1.54, 1.807) is 20.0 Å². The van der Waals surface area contributed by atoms with Crippen LogP contribution in [0.4, 0.5) is 0 Å². The molecule has 0 atom stereocenters. The number of likely N-dealkylation sites (N-methyl/N-ethyl adjacent to an activating group) is 1. The zero-order chi connectivity index (χ0) is 10.9. The number of halogens is 1. The Bertz CT molecular complexity index is 222. The maximum Gasteiger partial charge on any atom is 0.246 e. The molecule has 3 nitrogen and oxygen atoms in total. The molecule has 0 bridgehead atoms. The average molecular weight is 204 g/mol. The van der Waals surface area contributed by atoms with Crippen molar-refractivity contribution in [1.82, 2.24) is 5.32 Å². The number of rotatable bonds is 2. The molecule has 1 N–H and O–H groups in total. The molecular formula is C9H14ClNO2. The molecule has 1 amide bonds. The first-order valence-corrected chi connectivity index (χ1v) is 4.04. The minimum absolute atomic E-state index is 0.00694. The fourth-order valence-electron chi connectivity index (χ4n) is 0.328. The number of amides is 1. The van der Waals surface area contributed by atoms with Crippen LogP contribution in [0.25, 0.3) is 0 Å². The van der Waals surface area contributed by atoms with Gasteiger partial charge in [0.05, 0.1) is 0 Å². The van der Waals surface area contributed by atoms with Gasteiger partial charge in [0.25, 0.3) is 0 Å². The van der Waals surface area contributed by atoms with Gasteiger partial charge in [-0.1, -0.05) is 12.7 Å². The Labute approximate surface area is 83.5 Å². The highest BCUT2D eigenvalue weighted by atomic mass is 35.5.